The molecular formula is C32H40N2O14. The molecule has 7 rings (SSSR count). The van der Waals surface area contributed by atoms with E-state index in [1.807, 2.05) is 18.2 Å². The molecule has 5 aliphatic heterocycles. The second-order valence-corrected chi connectivity index (χ2v) is 12.8. The molecule has 48 heavy (non-hydrogen) atoms. The SMILES string of the molecule is C=C[C@H]1[C@H](O[C@@H]2O[C@H](CO)[C@@H](O)[C@H](O)[C@H]2O)OC=C2C(=O)N3CCc4c(n(O[C@@H]5O[C@H](CO)[C@@H](O)[C@H](O)[C@H]5O)c5ccccc45)[C@H]3C[C@H]21. The zero-order chi connectivity index (χ0) is 34.0. The van der Waals surface area contributed by atoms with Crippen molar-refractivity contribution in [2.75, 3.05) is 19.8 Å². The van der Waals surface area contributed by atoms with E-state index in [1.165, 1.54) is 11.0 Å². The first-order chi connectivity index (χ1) is 23.1. The molecule has 0 bridgehead atoms. The summed E-state index contributed by atoms with van der Waals surface area (Å²) in [6.07, 6.45) is -12.6. The Hall–Kier alpha value is -3.13. The third-order valence-corrected chi connectivity index (χ3v) is 10.2. The Bertz CT molecular complexity index is 1560. The summed E-state index contributed by atoms with van der Waals surface area (Å²) in [5.41, 5.74) is 2.53. The molecule has 16 heteroatoms. The number of piperidine rings is 1. The van der Waals surface area contributed by atoms with Crippen molar-refractivity contribution in [2.24, 2.45) is 11.8 Å². The first kappa shape index (κ1) is 33.4. The summed E-state index contributed by atoms with van der Waals surface area (Å²) >= 11 is 0. The average Bonchev–Trinajstić information content (AvgIpc) is 3.42. The number of para-hydroxylation sites is 1. The van der Waals surface area contributed by atoms with Crippen LogP contribution in [0, 0.1) is 11.8 Å². The molecule has 1 aromatic heterocycles. The largest absolute Gasteiger partial charge is 0.471 e. The molecule has 3 fully saturated rings. The lowest BCUT2D eigenvalue weighted by Gasteiger charge is -2.48. The minimum absolute atomic E-state index is 0.287. The number of aromatic nitrogens is 1. The molecule has 0 unspecified atom stereocenters. The van der Waals surface area contributed by atoms with Gasteiger partial charge in [0.25, 0.3) is 12.2 Å². The highest BCUT2D eigenvalue weighted by molar-refractivity contribution is 5.96. The van der Waals surface area contributed by atoms with E-state index in [0.29, 0.717) is 36.2 Å². The number of ether oxygens (including phenoxy) is 4. The number of aliphatic hydroxyl groups is 8. The quantitative estimate of drug-likeness (QED) is 0.138. The Morgan fingerprint density at radius 1 is 0.875 bits per heavy atom. The van der Waals surface area contributed by atoms with Gasteiger partial charge < -0.3 is 69.5 Å². The molecule has 1 amide bonds. The van der Waals surface area contributed by atoms with Gasteiger partial charge in [0.1, 0.15) is 48.8 Å². The van der Waals surface area contributed by atoms with Crippen LogP contribution in [-0.2, 0) is 30.2 Å². The number of amides is 1. The number of hydrogen-bond acceptors (Lipinski definition) is 14. The lowest BCUT2D eigenvalue weighted by Crippen LogP contribution is -2.61. The van der Waals surface area contributed by atoms with Gasteiger partial charge in [-0.25, -0.2) is 0 Å². The zero-order valence-corrected chi connectivity index (χ0v) is 25.7. The predicted octanol–water partition coefficient (Wildman–Crippen LogP) is -2.83. The minimum atomic E-state index is -1.66. The van der Waals surface area contributed by atoms with Gasteiger partial charge in [0.2, 0.25) is 6.29 Å². The first-order valence-corrected chi connectivity index (χ1v) is 15.9. The van der Waals surface area contributed by atoms with Crippen LogP contribution in [-0.4, -0.2) is 144 Å². The summed E-state index contributed by atoms with van der Waals surface area (Å²) in [5.74, 6) is -1.45. The summed E-state index contributed by atoms with van der Waals surface area (Å²) in [6, 6.07) is 6.84. The van der Waals surface area contributed by atoms with Gasteiger partial charge in [-0.1, -0.05) is 24.3 Å². The van der Waals surface area contributed by atoms with Crippen LogP contribution < -0.4 is 4.84 Å². The average molecular weight is 677 g/mol. The number of aliphatic hydroxyl groups excluding tert-OH is 8. The fourth-order valence-electron chi connectivity index (χ4n) is 7.61. The minimum Gasteiger partial charge on any atom is -0.471 e. The fraction of sp³-hybridized carbons (Fsp3) is 0.594. The van der Waals surface area contributed by atoms with Gasteiger partial charge in [-0.2, -0.15) is 4.73 Å². The molecule has 262 valence electrons. The normalized spacial score (nSPS) is 41.1. The van der Waals surface area contributed by atoms with E-state index in [4.69, 9.17) is 23.8 Å². The van der Waals surface area contributed by atoms with Gasteiger partial charge in [0, 0.05) is 23.8 Å². The van der Waals surface area contributed by atoms with E-state index in [0.717, 1.165) is 10.9 Å². The number of nitrogens with zero attached hydrogens (tertiary/aromatic N) is 2. The maximum atomic E-state index is 14.1. The Morgan fingerprint density at radius 3 is 2.19 bits per heavy atom. The van der Waals surface area contributed by atoms with Crippen molar-refractivity contribution in [3.05, 3.63) is 60.0 Å². The molecule has 16 nitrogen and oxygen atoms in total. The highest BCUT2D eigenvalue weighted by Gasteiger charge is 2.52. The van der Waals surface area contributed by atoms with Crippen molar-refractivity contribution in [2.45, 2.75) is 86.6 Å². The topological polar surface area (TPSA) is 233 Å². The van der Waals surface area contributed by atoms with E-state index in [9.17, 15) is 45.6 Å². The molecule has 0 spiro atoms. The van der Waals surface area contributed by atoms with Crippen LogP contribution in [0.5, 0.6) is 0 Å². The number of carbonyl (C=O) groups is 1. The fourth-order valence-corrected chi connectivity index (χ4v) is 7.61. The second-order valence-electron chi connectivity index (χ2n) is 12.8. The van der Waals surface area contributed by atoms with Crippen molar-refractivity contribution in [3.8, 4) is 0 Å². The smallest absolute Gasteiger partial charge is 0.254 e. The van der Waals surface area contributed by atoms with Gasteiger partial charge in [-0.05, 0) is 24.5 Å². The molecule has 8 N–H and O–H groups in total. The van der Waals surface area contributed by atoms with E-state index in [-0.39, 0.29) is 5.91 Å². The lowest BCUT2D eigenvalue weighted by molar-refractivity contribution is -0.339. The van der Waals surface area contributed by atoms with Crippen LogP contribution in [0.4, 0.5) is 0 Å². The highest BCUT2D eigenvalue weighted by atomic mass is 16.8. The summed E-state index contributed by atoms with van der Waals surface area (Å²) < 4.78 is 24.5. The van der Waals surface area contributed by atoms with Crippen molar-refractivity contribution in [1.29, 1.82) is 0 Å². The number of fused-ring (bicyclic) bond motifs is 6. The summed E-state index contributed by atoms with van der Waals surface area (Å²) in [4.78, 5) is 22.0. The molecule has 14 atom stereocenters. The number of rotatable bonds is 7. The van der Waals surface area contributed by atoms with E-state index in [2.05, 4.69) is 6.58 Å². The Balaban J connectivity index is 1.22. The Morgan fingerprint density at radius 2 is 1.52 bits per heavy atom. The van der Waals surface area contributed by atoms with Crippen molar-refractivity contribution in [1.82, 2.24) is 9.63 Å². The van der Waals surface area contributed by atoms with Crippen LogP contribution in [0.1, 0.15) is 23.7 Å². The van der Waals surface area contributed by atoms with E-state index >= 15 is 0 Å². The molecule has 6 heterocycles. The van der Waals surface area contributed by atoms with Gasteiger partial charge in [0.15, 0.2) is 6.29 Å². The number of benzene rings is 1. The second kappa shape index (κ2) is 13.0. The van der Waals surface area contributed by atoms with Gasteiger partial charge in [-0.3, -0.25) is 4.79 Å². The molecule has 3 saturated heterocycles. The first-order valence-electron chi connectivity index (χ1n) is 15.9. The van der Waals surface area contributed by atoms with Gasteiger partial charge in [-0.15, -0.1) is 6.58 Å². The monoisotopic (exact) mass is 676 g/mol. The number of hydrogen-bond donors (Lipinski definition) is 8. The summed E-state index contributed by atoms with van der Waals surface area (Å²) in [7, 11) is 0. The van der Waals surface area contributed by atoms with Crippen LogP contribution in [0.3, 0.4) is 0 Å². The maximum absolute atomic E-state index is 14.1. The third-order valence-electron chi connectivity index (χ3n) is 10.2. The third kappa shape index (κ3) is 5.23. The van der Waals surface area contributed by atoms with Crippen LogP contribution in [0.15, 0.2) is 48.8 Å². The summed E-state index contributed by atoms with van der Waals surface area (Å²) in [6.45, 7) is 3.07. The molecule has 0 aliphatic carbocycles. The molecule has 5 aliphatic rings. The van der Waals surface area contributed by atoms with Crippen LogP contribution in [0.25, 0.3) is 10.9 Å². The van der Waals surface area contributed by atoms with Crippen molar-refractivity contribution >= 4 is 16.8 Å². The summed E-state index contributed by atoms with van der Waals surface area (Å²) in [5, 5.41) is 82.7. The molecule has 2 aromatic rings. The molecule has 1 aromatic carbocycles. The van der Waals surface area contributed by atoms with E-state index < -0.39 is 98.8 Å². The molecule has 0 radical (unpaired) electrons. The maximum Gasteiger partial charge on any atom is 0.254 e. The number of carbonyl (C=O) groups excluding carboxylic acids is 1. The zero-order valence-electron chi connectivity index (χ0n) is 25.7. The van der Waals surface area contributed by atoms with Crippen LogP contribution >= 0.6 is 0 Å². The van der Waals surface area contributed by atoms with Crippen molar-refractivity contribution < 1.29 is 69.4 Å². The highest BCUT2D eigenvalue weighted by Crippen LogP contribution is 2.49. The van der Waals surface area contributed by atoms with Gasteiger partial charge >= 0.3 is 0 Å². The van der Waals surface area contributed by atoms with Crippen LogP contribution in [0.2, 0.25) is 0 Å². The standard InChI is InChI=1S/C32H40N2O14/c1-2-13-16-9-19-22-15(14-5-3-4-6-18(14)34(22)48-32-28(42)26(40)24(38)21(11-36)46-32)7-8-33(19)29(43)17(16)12-44-30(13)47-31-27(41)25(39)23(37)20(10-35)45-31/h2-6,12-13,16,19-21,23-28,30-32,35-42H,1,7-11H2/t13-,16+,19-,20-,21-,23-,24-,25+,26+,27-,28-,30+,31+,32+/m1/s1. The Labute approximate surface area is 274 Å². The van der Waals surface area contributed by atoms with Gasteiger partial charge in [0.05, 0.1) is 42.3 Å². The molecular weight excluding hydrogens is 636 g/mol. The molecule has 0 saturated carbocycles. The van der Waals surface area contributed by atoms with Crippen molar-refractivity contribution in [3.63, 3.8) is 0 Å². The Kier molecular flexibility index (Phi) is 9.01. The van der Waals surface area contributed by atoms with E-state index in [1.54, 1.807) is 17.0 Å². The lowest BCUT2D eigenvalue weighted by atomic mass is 9.74. The predicted molar refractivity (Wildman–Crippen MR) is 160 cm³/mol.